The van der Waals surface area contributed by atoms with E-state index in [4.69, 9.17) is 5.14 Å². The topological polar surface area (TPSA) is 145 Å². The van der Waals surface area contributed by atoms with E-state index in [0.29, 0.717) is 11.1 Å². The van der Waals surface area contributed by atoms with Crippen LogP contribution >= 0.6 is 0 Å². The van der Waals surface area contributed by atoms with E-state index in [-0.39, 0.29) is 17.2 Å². The van der Waals surface area contributed by atoms with Gasteiger partial charge in [0, 0.05) is 22.6 Å². The minimum Gasteiger partial charge on any atom is -0.287 e. The molecule has 4 rings (SSSR count). The molecule has 28 heavy (non-hydrogen) atoms. The molecule has 0 bridgehead atoms. The van der Waals surface area contributed by atoms with Gasteiger partial charge in [-0.1, -0.05) is 36.4 Å². The minimum atomic E-state index is -4.10. The summed E-state index contributed by atoms with van der Waals surface area (Å²) in [4.78, 5) is 22.9. The molecule has 1 aliphatic rings. The van der Waals surface area contributed by atoms with Gasteiger partial charge in [0.2, 0.25) is 15.8 Å². The lowest BCUT2D eigenvalue weighted by Gasteiger charge is -2.05. The van der Waals surface area contributed by atoms with Gasteiger partial charge in [-0.3, -0.25) is 20.3 Å². The Bertz CT molecular complexity index is 1310. The largest absolute Gasteiger partial charge is 0.295 e. The van der Waals surface area contributed by atoms with E-state index in [1.165, 1.54) is 6.07 Å². The van der Waals surface area contributed by atoms with E-state index in [1.807, 2.05) is 12.1 Å². The first-order chi connectivity index (χ1) is 13.3. The van der Waals surface area contributed by atoms with Gasteiger partial charge in [0.1, 0.15) is 11.4 Å². The molecule has 0 radical (unpaired) electrons. The molecule has 0 heterocycles. The van der Waals surface area contributed by atoms with E-state index >= 15 is 0 Å². The Morgan fingerprint density at radius 1 is 1.04 bits per heavy atom. The van der Waals surface area contributed by atoms with Crippen LogP contribution in [-0.4, -0.2) is 24.8 Å². The average molecular weight is 396 g/mol. The maximum atomic E-state index is 12.7. The first-order valence-electron chi connectivity index (χ1n) is 7.99. The molecule has 0 atom stereocenters. The number of ketones is 1. The molecule has 0 amide bonds. The van der Waals surface area contributed by atoms with E-state index < -0.39 is 25.5 Å². The summed E-state index contributed by atoms with van der Waals surface area (Å²) in [5.41, 5.74) is 3.16. The van der Waals surface area contributed by atoms with Crippen molar-refractivity contribution >= 4 is 43.7 Å². The molecule has 0 spiro atoms. The van der Waals surface area contributed by atoms with Crippen LogP contribution in [0.25, 0.3) is 10.8 Å². The van der Waals surface area contributed by atoms with Crippen LogP contribution in [0.5, 0.6) is 0 Å². The first-order valence-corrected chi connectivity index (χ1v) is 9.54. The molecule has 140 valence electrons. The summed E-state index contributed by atoms with van der Waals surface area (Å²) in [6.07, 6.45) is 0. The normalized spacial score (nSPS) is 14.6. The molecule has 9 nitrogen and oxygen atoms in total. The maximum Gasteiger partial charge on any atom is 0.295 e. The van der Waals surface area contributed by atoms with Crippen LogP contribution in [0.15, 0.2) is 64.6 Å². The molecule has 0 unspecified atom stereocenters. The Kier molecular flexibility index (Phi) is 3.95. The predicted molar refractivity (Wildman–Crippen MR) is 103 cm³/mol. The third kappa shape index (κ3) is 2.80. The fraction of sp³-hybridized carbons (Fsp3) is 0. The number of hydrogen-bond acceptors (Lipinski definition) is 7. The number of nitrogens with one attached hydrogen (secondary N) is 1. The number of nitro benzene ring substituents is 1. The van der Waals surface area contributed by atoms with E-state index in [9.17, 15) is 23.3 Å². The van der Waals surface area contributed by atoms with E-state index in [1.54, 1.807) is 24.3 Å². The lowest BCUT2D eigenvalue weighted by atomic mass is 10.1. The fourth-order valence-electron chi connectivity index (χ4n) is 3.14. The Morgan fingerprint density at radius 2 is 1.71 bits per heavy atom. The Morgan fingerprint density at radius 3 is 2.36 bits per heavy atom. The van der Waals surface area contributed by atoms with Crippen LogP contribution in [0.1, 0.15) is 15.9 Å². The molecule has 3 aromatic carbocycles. The third-order valence-electron chi connectivity index (χ3n) is 4.40. The van der Waals surface area contributed by atoms with Crippen molar-refractivity contribution in [2.24, 2.45) is 10.2 Å². The quantitative estimate of drug-likeness (QED) is 0.512. The van der Waals surface area contributed by atoms with Crippen molar-refractivity contribution in [3.05, 3.63) is 75.8 Å². The lowest BCUT2D eigenvalue weighted by molar-refractivity contribution is -0.384. The molecular weight excluding hydrogens is 384 g/mol. The van der Waals surface area contributed by atoms with Gasteiger partial charge in [0.05, 0.1) is 9.82 Å². The van der Waals surface area contributed by atoms with Crippen LogP contribution in [-0.2, 0) is 10.0 Å². The average Bonchev–Trinajstić information content (AvgIpc) is 2.93. The fourth-order valence-corrected chi connectivity index (χ4v) is 3.67. The highest BCUT2D eigenvalue weighted by molar-refractivity contribution is 7.89. The molecule has 0 saturated heterocycles. The summed E-state index contributed by atoms with van der Waals surface area (Å²) < 4.78 is 22.8. The van der Waals surface area contributed by atoms with Crippen molar-refractivity contribution < 1.29 is 18.1 Å². The maximum absolute atomic E-state index is 12.7. The van der Waals surface area contributed by atoms with E-state index in [0.717, 1.165) is 22.9 Å². The second-order valence-corrected chi connectivity index (χ2v) is 7.65. The second kappa shape index (κ2) is 6.22. The number of nitro groups is 1. The highest BCUT2D eigenvalue weighted by Crippen LogP contribution is 2.32. The van der Waals surface area contributed by atoms with Crippen molar-refractivity contribution in [1.82, 2.24) is 0 Å². The molecule has 3 N–H and O–H groups in total. The smallest absolute Gasteiger partial charge is 0.287 e. The van der Waals surface area contributed by atoms with Gasteiger partial charge in [-0.05, 0) is 17.5 Å². The lowest BCUT2D eigenvalue weighted by Crippen LogP contribution is -2.13. The van der Waals surface area contributed by atoms with Crippen LogP contribution in [0.3, 0.4) is 0 Å². The number of anilines is 1. The Hall–Kier alpha value is -3.63. The van der Waals surface area contributed by atoms with Crippen LogP contribution in [0.2, 0.25) is 0 Å². The highest BCUT2D eigenvalue weighted by atomic mass is 32.2. The zero-order valence-electron chi connectivity index (χ0n) is 14.1. The summed E-state index contributed by atoms with van der Waals surface area (Å²) in [7, 11) is -4.10. The summed E-state index contributed by atoms with van der Waals surface area (Å²) in [6, 6.07) is 13.9. The highest BCUT2D eigenvalue weighted by Gasteiger charge is 2.29. The molecule has 1 aliphatic carbocycles. The molecule has 0 fully saturated rings. The number of nitrogens with two attached hydrogens (primary N) is 1. The summed E-state index contributed by atoms with van der Waals surface area (Å²) in [6.45, 7) is 0. The van der Waals surface area contributed by atoms with Gasteiger partial charge >= 0.3 is 0 Å². The Balaban J connectivity index is 1.78. The van der Waals surface area contributed by atoms with Gasteiger partial charge in [-0.15, -0.1) is 0 Å². The molecular formula is C18H12N4O5S. The standard InChI is InChI=1S/C18H12N4O5S/c19-28(26,27)11-7-8-14(15(9-11)22(24)25)20-21-17-12-5-1-3-10-4-2-6-13(16(10)12)18(17)23/h1-9,20H,(H2,19,26,27). The molecule has 3 aromatic rings. The van der Waals surface area contributed by atoms with Crippen molar-refractivity contribution in [1.29, 1.82) is 0 Å². The number of carbonyl (C=O) groups is 1. The Labute approximate surface area is 158 Å². The minimum absolute atomic E-state index is 0.0687. The monoisotopic (exact) mass is 396 g/mol. The van der Waals surface area contributed by atoms with Crippen LogP contribution in [0.4, 0.5) is 11.4 Å². The number of benzene rings is 3. The molecule has 0 aromatic heterocycles. The summed E-state index contributed by atoms with van der Waals surface area (Å²) in [5.74, 6) is -0.303. The van der Waals surface area contributed by atoms with Crippen molar-refractivity contribution in [2.75, 3.05) is 5.43 Å². The van der Waals surface area contributed by atoms with Crippen molar-refractivity contribution in [2.45, 2.75) is 4.90 Å². The number of hydrazone groups is 1. The number of nitrogens with zero attached hydrogens (tertiary/aromatic N) is 2. The van der Waals surface area contributed by atoms with Gasteiger partial charge in [0.15, 0.2) is 0 Å². The second-order valence-electron chi connectivity index (χ2n) is 6.09. The number of rotatable bonds is 4. The molecule has 0 aliphatic heterocycles. The zero-order valence-corrected chi connectivity index (χ0v) is 14.9. The SMILES string of the molecule is NS(=O)(=O)c1ccc(NN=C2C(=O)c3cccc4cccc2c34)c([N+](=O)[O-])c1. The molecule has 10 heteroatoms. The summed E-state index contributed by atoms with van der Waals surface area (Å²) >= 11 is 0. The number of primary sulfonamides is 1. The van der Waals surface area contributed by atoms with E-state index in [2.05, 4.69) is 10.5 Å². The van der Waals surface area contributed by atoms with Gasteiger partial charge < -0.3 is 0 Å². The van der Waals surface area contributed by atoms with Crippen LogP contribution < -0.4 is 10.6 Å². The van der Waals surface area contributed by atoms with Crippen LogP contribution in [0, 0.1) is 10.1 Å². The van der Waals surface area contributed by atoms with Gasteiger partial charge in [0.25, 0.3) is 5.69 Å². The number of hydrogen-bond donors (Lipinski definition) is 2. The number of carbonyl (C=O) groups excluding carboxylic acids is 1. The summed E-state index contributed by atoms with van der Waals surface area (Å²) in [5, 5.41) is 22.1. The predicted octanol–water partition coefficient (Wildman–Crippen LogP) is 2.41. The van der Waals surface area contributed by atoms with Crippen molar-refractivity contribution in [3.63, 3.8) is 0 Å². The number of Topliss-reactive ketones (excluding diaryl/α,β-unsaturated/α-hetero) is 1. The number of sulfonamides is 1. The molecule has 0 saturated carbocycles. The first kappa shape index (κ1) is 17.8. The van der Waals surface area contributed by atoms with Gasteiger partial charge in [-0.25, -0.2) is 13.6 Å². The zero-order chi connectivity index (χ0) is 20.1. The third-order valence-corrected chi connectivity index (χ3v) is 5.31. The van der Waals surface area contributed by atoms with Gasteiger partial charge in [-0.2, -0.15) is 5.10 Å². The van der Waals surface area contributed by atoms with Crippen molar-refractivity contribution in [3.8, 4) is 0 Å².